The first-order chi connectivity index (χ1) is 10.1. The maximum atomic E-state index is 5.31. The summed E-state index contributed by atoms with van der Waals surface area (Å²) in [6, 6.07) is 2.41. The molecule has 0 radical (unpaired) electrons. The monoisotopic (exact) mass is 308 g/mol. The summed E-state index contributed by atoms with van der Waals surface area (Å²) < 4.78 is 5.31. The van der Waals surface area contributed by atoms with Crippen molar-refractivity contribution >= 4 is 33.3 Å². The van der Waals surface area contributed by atoms with Crippen LogP contribution in [0.1, 0.15) is 25.6 Å². The van der Waals surface area contributed by atoms with Crippen LogP contribution in [0.4, 0.5) is 11.8 Å². The zero-order valence-electron chi connectivity index (χ0n) is 13.4. The lowest BCUT2D eigenvalue weighted by Gasteiger charge is -2.22. The summed E-state index contributed by atoms with van der Waals surface area (Å²) in [5.74, 6) is 1.99. The fraction of sp³-hybridized carbons (Fsp3) is 0.600. The summed E-state index contributed by atoms with van der Waals surface area (Å²) in [4.78, 5) is 11.5. The molecule has 6 heteroatoms. The average Bonchev–Trinajstić information content (AvgIpc) is 2.89. The Balaban J connectivity index is 2.42. The van der Waals surface area contributed by atoms with Crippen molar-refractivity contribution in [1.82, 2.24) is 9.97 Å². The van der Waals surface area contributed by atoms with Crippen molar-refractivity contribution in [2.24, 2.45) is 5.92 Å². The number of thiophene rings is 1. The average molecular weight is 308 g/mol. The van der Waals surface area contributed by atoms with E-state index in [4.69, 9.17) is 4.74 Å². The molecule has 0 amide bonds. The Labute approximate surface area is 130 Å². The van der Waals surface area contributed by atoms with Crippen LogP contribution in [-0.4, -0.2) is 36.8 Å². The highest BCUT2D eigenvalue weighted by molar-refractivity contribution is 7.18. The largest absolute Gasteiger partial charge is 0.383 e. The fourth-order valence-electron chi connectivity index (χ4n) is 2.12. The number of aromatic nitrogens is 2. The van der Waals surface area contributed by atoms with Crippen LogP contribution >= 0.6 is 11.3 Å². The van der Waals surface area contributed by atoms with Gasteiger partial charge in [-0.1, -0.05) is 20.8 Å². The van der Waals surface area contributed by atoms with Gasteiger partial charge in [-0.05, 0) is 18.4 Å². The molecule has 0 saturated heterocycles. The lowest BCUT2D eigenvalue weighted by molar-refractivity contribution is 0.171. The van der Waals surface area contributed by atoms with Gasteiger partial charge in [-0.15, -0.1) is 11.3 Å². The molecule has 0 spiro atoms. The smallest absolute Gasteiger partial charge is 0.225 e. The first-order valence-corrected chi connectivity index (χ1v) is 8.14. The van der Waals surface area contributed by atoms with Crippen LogP contribution in [0.5, 0.6) is 0 Å². The number of rotatable bonds is 7. The number of hydrogen-bond acceptors (Lipinski definition) is 6. The van der Waals surface area contributed by atoms with Crippen molar-refractivity contribution in [2.45, 2.75) is 33.2 Å². The second-order valence-corrected chi connectivity index (χ2v) is 6.50. The maximum absolute atomic E-state index is 5.31. The minimum atomic E-state index is 0.225. The van der Waals surface area contributed by atoms with Crippen molar-refractivity contribution in [2.75, 3.05) is 31.4 Å². The molecule has 2 rings (SSSR count). The van der Waals surface area contributed by atoms with E-state index in [1.165, 1.54) is 4.88 Å². The molecule has 1 unspecified atom stereocenters. The molecule has 116 valence electrons. The summed E-state index contributed by atoms with van der Waals surface area (Å²) in [6.07, 6.45) is 1.01. The molecule has 0 aliphatic carbocycles. The van der Waals surface area contributed by atoms with E-state index >= 15 is 0 Å². The van der Waals surface area contributed by atoms with E-state index in [9.17, 15) is 0 Å². The molecular weight excluding hydrogens is 284 g/mol. The van der Waals surface area contributed by atoms with Gasteiger partial charge in [-0.3, -0.25) is 0 Å². The Hall–Kier alpha value is -1.40. The molecule has 0 bridgehead atoms. The maximum Gasteiger partial charge on any atom is 0.225 e. The van der Waals surface area contributed by atoms with Gasteiger partial charge in [0.05, 0.1) is 18.0 Å². The third-order valence-corrected chi connectivity index (χ3v) is 4.66. The lowest BCUT2D eigenvalue weighted by atomic mass is 10.1. The summed E-state index contributed by atoms with van der Waals surface area (Å²) >= 11 is 1.73. The first kappa shape index (κ1) is 16.0. The quantitative estimate of drug-likeness (QED) is 0.821. The molecule has 0 aliphatic rings. The Morgan fingerprint density at radius 2 is 2.10 bits per heavy atom. The highest BCUT2D eigenvalue weighted by atomic mass is 32.1. The van der Waals surface area contributed by atoms with Gasteiger partial charge in [0.2, 0.25) is 5.95 Å². The second kappa shape index (κ2) is 7.04. The van der Waals surface area contributed by atoms with Crippen LogP contribution in [0.3, 0.4) is 0 Å². The summed E-state index contributed by atoms with van der Waals surface area (Å²) in [7, 11) is 3.57. The fourth-order valence-corrected chi connectivity index (χ4v) is 3.09. The predicted molar refractivity (Wildman–Crippen MR) is 90.5 cm³/mol. The SMILES string of the molecule is CCc1cc2c(NC(COC)C(C)C)nc(NC)nc2s1. The number of anilines is 2. The molecule has 21 heavy (non-hydrogen) atoms. The van der Waals surface area contributed by atoms with Crippen LogP contribution in [0, 0.1) is 5.92 Å². The van der Waals surface area contributed by atoms with E-state index in [0.29, 0.717) is 18.5 Å². The van der Waals surface area contributed by atoms with Crippen molar-refractivity contribution in [1.29, 1.82) is 0 Å². The second-order valence-electron chi connectivity index (χ2n) is 5.38. The van der Waals surface area contributed by atoms with Gasteiger partial charge in [0.25, 0.3) is 0 Å². The minimum absolute atomic E-state index is 0.225. The number of methoxy groups -OCH3 is 1. The molecule has 0 aromatic carbocycles. The third-order valence-electron chi connectivity index (χ3n) is 3.49. The van der Waals surface area contributed by atoms with E-state index in [0.717, 1.165) is 22.5 Å². The Bertz CT molecular complexity index is 597. The van der Waals surface area contributed by atoms with Crippen LogP contribution in [-0.2, 0) is 11.2 Å². The topological polar surface area (TPSA) is 59.1 Å². The first-order valence-electron chi connectivity index (χ1n) is 7.32. The number of nitrogens with one attached hydrogen (secondary N) is 2. The molecule has 5 nitrogen and oxygen atoms in total. The summed E-state index contributed by atoms with van der Waals surface area (Å²) in [5.41, 5.74) is 0. The molecule has 0 aliphatic heterocycles. The standard InChI is InChI=1S/C15H24N4OS/c1-6-10-7-11-13(17-12(8-20-5)9(2)3)18-15(16-4)19-14(11)21-10/h7,9,12H,6,8H2,1-5H3,(H2,16,17,18,19). The Kier molecular flexibility index (Phi) is 5.36. The van der Waals surface area contributed by atoms with Gasteiger partial charge in [0, 0.05) is 19.0 Å². The van der Waals surface area contributed by atoms with Crippen molar-refractivity contribution in [3.63, 3.8) is 0 Å². The number of aryl methyl sites for hydroxylation is 1. The number of ether oxygens (including phenoxy) is 1. The van der Waals surface area contributed by atoms with Gasteiger partial charge >= 0.3 is 0 Å². The zero-order chi connectivity index (χ0) is 15.4. The van der Waals surface area contributed by atoms with E-state index in [1.807, 2.05) is 7.05 Å². The Morgan fingerprint density at radius 3 is 2.67 bits per heavy atom. The van der Waals surface area contributed by atoms with Crippen molar-refractivity contribution < 1.29 is 4.74 Å². The van der Waals surface area contributed by atoms with Gasteiger partial charge in [0.15, 0.2) is 0 Å². The molecule has 2 heterocycles. The zero-order valence-corrected chi connectivity index (χ0v) is 14.2. The van der Waals surface area contributed by atoms with E-state index in [2.05, 4.69) is 47.4 Å². The molecule has 2 N–H and O–H groups in total. The van der Waals surface area contributed by atoms with Crippen LogP contribution in [0.15, 0.2) is 6.07 Å². The molecular formula is C15H24N4OS. The summed E-state index contributed by atoms with van der Waals surface area (Å²) in [5, 5.41) is 7.65. The van der Waals surface area contributed by atoms with Crippen molar-refractivity contribution in [3.05, 3.63) is 10.9 Å². The van der Waals surface area contributed by atoms with Gasteiger partial charge < -0.3 is 15.4 Å². The predicted octanol–water partition coefficient (Wildman–Crippen LogP) is 3.38. The summed E-state index contributed by atoms with van der Waals surface area (Å²) in [6.45, 7) is 7.17. The van der Waals surface area contributed by atoms with Gasteiger partial charge in [-0.25, -0.2) is 4.98 Å². The molecule has 2 aromatic heterocycles. The number of fused-ring (bicyclic) bond motifs is 1. The molecule has 0 fully saturated rings. The van der Waals surface area contributed by atoms with Gasteiger partial charge in [0.1, 0.15) is 10.6 Å². The molecule has 1 atom stereocenters. The lowest BCUT2D eigenvalue weighted by Crippen LogP contribution is -2.31. The third kappa shape index (κ3) is 3.63. The molecule has 2 aromatic rings. The van der Waals surface area contributed by atoms with Crippen LogP contribution in [0.25, 0.3) is 10.2 Å². The van der Waals surface area contributed by atoms with Crippen LogP contribution in [0.2, 0.25) is 0 Å². The minimum Gasteiger partial charge on any atom is -0.383 e. The van der Waals surface area contributed by atoms with Crippen LogP contribution < -0.4 is 10.6 Å². The highest BCUT2D eigenvalue weighted by Gasteiger charge is 2.17. The van der Waals surface area contributed by atoms with E-state index < -0.39 is 0 Å². The number of hydrogen-bond donors (Lipinski definition) is 2. The van der Waals surface area contributed by atoms with Gasteiger partial charge in [-0.2, -0.15) is 4.98 Å². The highest BCUT2D eigenvalue weighted by Crippen LogP contribution is 2.31. The van der Waals surface area contributed by atoms with E-state index in [1.54, 1.807) is 18.4 Å². The Morgan fingerprint density at radius 1 is 1.33 bits per heavy atom. The number of nitrogens with zero attached hydrogens (tertiary/aromatic N) is 2. The van der Waals surface area contributed by atoms with E-state index in [-0.39, 0.29) is 6.04 Å². The normalized spacial score (nSPS) is 12.9. The van der Waals surface area contributed by atoms with Crippen molar-refractivity contribution in [3.8, 4) is 0 Å². The molecule has 0 saturated carbocycles.